The van der Waals surface area contributed by atoms with Crippen molar-refractivity contribution in [3.8, 4) is 0 Å². The van der Waals surface area contributed by atoms with Crippen LogP contribution in [0.5, 0.6) is 0 Å². The molecule has 1 aromatic carbocycles. The van der Waals surface area contributed by atoms with E-state index in [2.05, 4.69) is 43.1 Å². The zero-order chi connectivity index (χ0) is 22.4. The number of fused-ring (bicyclic) bond motifs is 3. The van der Waals surface area contributed by atoms with E-state index in [0.717, 1.165) is 53.7 Å². The maximum atomic E-state index is 13.9. The number of aromatic amines is 1. The Balaban J connectivity index is 1.49. The molecule has 1 fully saturated rings. The molecule has 4 aromatic heterocycles. The summed E-state index contributed by atoms with van der Waals surface area (Å²) in [4.78, 5) is 26.4. The Morgan fingerprint density at radius 1 is 1.06 bits per heavy atom. The van der Waals surface area contributed by atoms with Crippen LogP contribution in [0.25, 0.3) is 22.1 Å². The van der Waals surface area contributed by atoms with Crippen LogP contribution in [0.3, 0.4) is 0 Å². The highest BCUT2D eigenvalue weighted by Crippen LogP contribution is 2.36. The summed E-state index contributed by atoms with van der Waals surface area (Å²) in [6, 6.07) is 12.6. The Morgan fingerprint density at radius 3 is 2.76 bits per heavy atom. The van der Waals surface area contributed by atoms with Gasteiger partial charge in [0.15, 0.2) is 0 Å². The Morgan fingerprint density at radius 2 is 1.91 bits per heavy atom. The third kappa shape index (κ3) is 3.39. The van der Waals surface area contributed by atoms with Crippen LogP contribution >= 0.6 is 0 Å². The molecule has 7 nitrogen and oxygen atoms in total. The average molecular weight is 441 g/mol. The van der Waals surface area contributed by atoms with Crippen LogP contribution in [0.15, 0.2) is 66.0 Å². The number of rotatable bonds is 5. The number of hydrogen-bond acceptors (Lipinski definition) is 3. The zero-order valence-electron chi connectivity index (χ0n) is 18.8. The third-order valence-corrected chi connectivity index (χ3v) is 7.20. The lowest BCUT2D eigenvalue weighted by atomic mass is 9.85. The van der Waals surface area contributed by atoms with Crippen LogP contribution in [-0.4, -0.2) is 28.7 Å². The van der Waals surface area contributed by atoms with E-state index in [1.165, 1.54) is 12.0 Å². The number of hydrogen-bond donors (Lipinski definition) is 1. The van der Waals surface area contributed by atoms with Gasteiger partial charge in [0.1, 0.15) is 11.5 Å². The molecule has 7 heteroatoms. The lowest BCUT2D eigenvalue weighted by Gasteiger charge is -2.29. The van der Waals surface area contributed by atoms with Crippen LogP contribution in [0.4, 0.5) is 0 Å². The maximum Gasteiger partial charge on any atom is 0.329 e. The molecular weight excluding hydrogens is 412 g/mol. The van der Waals surface area contributed by atoms with Crippen molar-refractivity contribution >= 4 is 22.1 Å². The minimum absolute atomic E-state index is 0.0357. The fourth-order valence-corrected chi connectivity index (χ4v) is 5.46. The van der Waals surface area contributed by atoms with Crippen molar-refractivity contribution in [1.82, 2.24) is 28.7 Å². The fraction of sp³-hybridized carbons (Fsp3) is 0.346. The van der Waals surface area contributed by atoms with E-state index >= 15 is 0 Å². The van der Waals surface area contributed by atoms with Gasteiger partial charge in [-0.2, -0.15) is 0 Å². The first-order valence-corrected chi connectivity index (χ1v) is 11.8. The molecule has 6 rings (SSSR count). The van der Waals surface area contributed by atoms with Crippen molar-refractivity contribution in [2.75, 3.05) is 0 Å². The standard InChI is InChI=1S/C26H28N6O/c1-18-7-5-6-10-21(18)32-24-20-11-12-28-25(20)29-15-22(24)31(26(32)33)17-23-27-13-14-30(23)16-19-8-3-2-4-9-19/h2-4,8-9,11-15,18,21H,5-7,10,16-17H2,1H3,(H,28,29)/t18-,21+/m1/s1. The van der Waals surface area contributed by atoms with E-state index in [-0.39, 0.29) is 11.7 Å². The largest absolute Gasteiger partial charge is 0.346 e. The second kappa shape index (κ2) is 8.06. The van der Waals surface area contributed by atoms with E-state index in [9.17, 15) is 4.79 Å². The summed E-state index contributed by atoms with van der Waals surface area (Å²) in [6.45, 7) is 3.42. The highest BCUT2D eigenvalue weighted by molar-refractivity contribution is 6.01. The first-order valence-electron chi connectivity index (χ1n) is 11.8. The molecule has 5 aromatic rings. The van der Waals surface area contributed by atoms with Gasteiger partial charge in [0, 0.05) is 36.6 Å². The SMILES string of the molecule is C[C@@H]1CCCC[C@@H]1n1c(=O)n(Cc2nccn2Cc2ccccc2)c2cnc3[nH]ccc3c21. The number of nitrogens with one attached hydrogen (secondary N) is 1. The van der Waals surface area contributed by atoms with Crippen molar-refractivity contribution in [2.24, 2.45) is 5.92 Å². The lowest BCUT2D eigenvalue weighted by molar-refractivity contribution is 0.256. The second-order valence-corrected chi connectivity index (χ2v) is 9.26. The van der Waals surface area contributed by atoms with Gasteiger partial charge in [-0.3, -0.25) is 9.13 Å². The Kier molecular flexibility index (Phi) is 4.89. The van der Waals surface area contributed by atoms with Crippen LogP contribution in [0, 0.1) is 5.92 Å². The second-order valence-electron chi connectivity index (χ2n) is 9.26. The van der Waals surface area contributed by atoms with Crippen molar-refractivity contribution in [1.29, 1.82) is 0 Å². The quantitative estimate of drug-likeness (QED) is 0.430. The molecule has 1 saturated carbocycles. The van der Waals surface area contributed by atoms with E-state index < -0.39 is 0 Å². The van der Waals surface area contributed by atoms with E-state index in [0.29, 0.717) is 12.5 Å². The fourth-order valence-electron chi connectivity index (χ4n) is 5.46. The minimum Gasteiger partial charge on any atom is -0.346 e. The number of pyridine rings is 1. The smallest absolute Gasteiger partial charge is 0.329 e. The predicted octanol–water partition coefficient (Wildman–Crippen LogP) is 4.72. The lowest BCUT2D eigenvalue weighted by Crippen LogP contribution is -2.32. The molecule has 33 heavy (non-hydrogen) atoms. The van der Waals surface area contributed by atoms with Gasteiger partial charge in [-0.15, -0.1) is 0 Å². The zero-order valence-corrected chi connectivity index (χ0v) is 18.8. The molecule has 1 aliphatic rings. The van der Waals surface area contributed by atoms with Crippen LogP contribution < -0.4 is 5.69 Å². The van der Waals surface area contributed by atoms with E-state index in [4.69, 9.17) is 0 Å². The summed E-state index contributed by atoms with van der Waals surface area (Å²) in [5.41, 5.74) is 3.93. The maximum absolute atomic E-state index is 13.9. The van der Waals surface area contributed by atoms with E-state index in [1.54, 1.807) is 0 Å². The monoisotopic (exact) mass is 440 g/mol. The highest BCUT2D eigenvalue weighted by atomic mass is 16.1. The average Bonchev–Trinajstić information content (AvgIpc) is 3.54. The van der Waals surface area contributed by atoms with Crippen molar-refractivity contribution in [3.63, 3.8) is 0 Å². The summed E-state index contributed by atoms with van der Waals surface area (Å²) >= 11 is 0. The van der Waals surface area contributed by atoms with Crippen molar-refractivity contribution < 1.29 is 0 Å². The molecular formula is C26H28N6O. The molecule has 2 atom stereocenters. The van der Waals surface area contributed by atoms with Gasteiger partial charge >= 0.3 is 5.69 Å². The van der Waals surface area contributed by atoms with Gasteiger partial charge in [0.05, 0.1) is 23.8 Å². The molecule has 0 radical (unpaired) electrons. The molecule has 1 N–H and O–H groups in total. The number of nitrogens with zero attached hydrogens (tertiary/aromatic N) is 5. The summed E-state index contributed by atoms with van der Waals surface area (Å²) < 4.78 is 6.04. The number of benzene rings is 1. The summed E-state index contributed by atoms with van der Waals surface area (Å²) in [5, 5.41) is 1.01. The van der Waals surface area contributed by atoms with Gasteiger partial charge in [-0.1, -0.05) is 50.1 Å². The highest BCUT2D eigenvalue weighted by Gasteiger charge is 2.29. The van der Waals surface area contributed by atoms with Gasteiger partial charge in [-0.05, 0) is 30.4 Å². The summed E-state index contributed by atoms with van der Waals surface area (Å²) in [5.74, 6) is 1.34. The molecule has 0 bridgehead atoms. The summed E-state index contributed by atoms with van der Waals surface area (Å²) in [7, 11) is 0. The van der Waals surface area contributed by atoms with E-state index in [1.807, 2.05) is 53.6 Å². The van der Waals surface area contributed by atoms with Crippen molar-refractivity contribution in [3.05, 3.63) is 83.1 Å². The molecule has 1 aliphatic carbocycles. The molecule has 0 aliphatic heterocycles. The number of aromatic nitrogens is 6. The Labute approximate surface area is 191 Å². The summed E-state index contributed by atoms with van der Waals surface area (Å²) in [6.07, 6.45) is 12.1. The van der Waals surface area contributed by atoms with Crippen LogP contribution in [0.1, 0.15) is 50.0 Å². The van der Waals surface area contributed by atoms with Crippen LogP contribution in [0.2, 0.25) is 0 Å². The number of imidazole rings is 2. The van der Waals surface area contributed by atoms with Gasteiger partial charge in [0.25, 0.3) is 0 Å². The minimum atomic E-state index is 0.0357. The van der Waals surface area contributed by atoms with Crippen LogP contribution in [-0.2, 0) is 13.1 Å². The van der Waals surface area contributed by atoms with Gasteiger partial charge in [0.2, 0.25) is 0 Å². The first kappa shape index (κ1) is 20.0. The predicted molar refractivity (Wildman–Crippen MR) is 129 cm³/mol. The molecule has 4 heterocycles. The molecule has 0 saturated heterocycles. The van der Waals surface area contributed by atoms with Gasteiger partial charge in [-0.25, -0.2) is 14.8 Å². The molecule has 0 amide bonds. The van der Waals surface area contributed by atoms with Gasteiger partial charge < -0.3 is 9.55 Å². The number of H-pyrrole nitrogens is 1. The molecule has 168 valence electrons. The normalized spacial score (nSPS) is 18.9. The first-order chi connectivity index (χ1) is 16.2. The Hall–Kier alpha value is -3.61. The van der Waals surface area contributed by atoms with Crippen molar-refractivity contribution in [2.45, 2.75) is 51.7 Å². The molecule has 0 unspecified atom stereocenters. The molecule has 0 spiro atoms. The third-order valence-electron chi connectivity index (χ3n) is 7.20. The topological polar surface area (TPSA) is 73.4 Å². The Bertz CT molecular complexity index is 1470.